The maximum atomic E-state index is 13.2. The van der Waals surface area contributed by atoms with Gasteiger partial charge in [-0.15, -0.1) is 0 Å². The van der Waals surface area contributed by atoms with Crippen LogP contribution in [-0.2, 0) is 13.1 Å². The van der Waals surface area contributed by atoms with E-state index >= 15 is 0 Å². The number of carbonyl (C=O) groups is 1. The highest BCUT2D eigenvalue weighted by molar-refractivity contribution is 6.31. The van der Waals surface area contributed by atoms with Crippen LogP contribution in [0.4, 0.5) is 10.1 Å². The first-order chi connectivity index (χ1) is 9.61. The Labute approximate surface area is 120 Å². The molecule has 1 heterocycles. The van der Waals surface area contributed by atoms with Crippen LogP contribution in [0.25, 0.3) is 0 Å². The van der Waals surface area contributed by atoms with Crippen molar-refractivity contribution in [2.24, 2.45) is 0 Å². The number of hydrogen-bond acceptors (Lipinski definition) is 2. The van der Waals surface area contributed by atoms with Crippen LogP contribution in [0.15, 0.2) is 36.4 Å². The van der Waals surface area contributed by atoms with E-state index in [1.165, 1.54) is 23.8 Å². The van der Waals surface area contributed by atoms with Gasteiger partial charge >= 0.3 is 0 Å². The molecule has 3 rings (SSSR count). The molecule has 0 saturated heterocycles. The highest BCUT2D eigenvalue weighted by atomic mass is 35.5. The lowest BCUT2D eigenvalue weighted by atomic mass is 10.1. The van der Waals surface area contributed by atoms with E-state index in [0.717, 1.165) is 18.7 Å². The third-order valence-electron chi connectivity index (χ3n) is 3.22. The van der Waals surface area contributed by atoms with Crippen LogP contribution >= 0.6 is 11.6 Å². The minimum absolute atomic E-state index is 0.249. The summed E-state index contributed by atoms with van der Waals surface area (Å²) in [7, 11) is 0. The van der Waals surface area contributed by atoms with Gasteiger partial charge in [0.05, 0.1) is 0 Å². The molecule has 2 aromatic carbocycles. The Balaban J connectivity index is 1.82. The van der Waals surface area contributed by atoms with E-state index in [-0.39, 0.29) is 10.9 Å². The van der Waals surface area contributed by atoms with Crippen molar-refractivity contribution in [3.8, 4) is 0 Å². The molecule has 0 spiro atoms. The minimum Gasteiger partial charge on any atom is -0.322 e. The van der Waals surface area contributed by atoms with Gasteiger partial charge in [-0.05, 0) is 41.5 Å². The van der Waals surface area contributed by atoms with E-state index in [1.54, 1.807) is 6.07 Å². The van der Waals surface area contributed by atoms with Gasteiger partial charge < -0.3 is 10.6 Å². The van der Waals surface area contributed by atoms with Crippen LogP contribution in [0.1, 0.15) is 21.5 Å². The number of benzene rings is 2. The lowest BCUT2D eigenvalue weighted by molar-refractivity contribution is 0.102. The number of rotatable bonds is 2. The summed E-state index contributed by atoms with van der Waals surface area (Å²) in [5, 5.41) is 6.12. The third kappa shape index (κ3) is 2.66. The first-order valence-corrected chi connectivity index (χ1v) is 6.59. The fourth-order valence-electron chi connectivity index (χ4n) is 2.27. The summed E-state index contributed by atoms with van der Waals surface area (Å²) >= 11 is 5.76. The summed E-state index contributed by atoms with van der Waals surface area (Å²) in [5.74, 6) is -0.757. The average molecular weight is 291 g/mol. The van der Waals surface area contributed by atoms with Crippen molar-refractivity contribution in [2.75, 3.05) is 5.32 Å². The number of carbonyl (C=O) groups excluding carboxylic acids is 1. The molecule has 5 heteroatoms. The van der Waals surface area contributed by atoms with Crippen LogP contribution < -0.4 is 10.6 Å². The monoisotopic (exact) mass is 290 g/mol. The van der Waals surface area contributed by atoms with Gasteiger partial charge in [0, 0.05) is 29.4 Å². The predicted molar refractivity (Wildman–Crippen MR) is 76.3 cm³/mol. The highest BCUT2D eigenvalue weighted by Crippen LogP contribution is 2.20. The normalized spacial score (nSPS) is 13.1. The molecular weight excluding hydrogens is 279 g/mol. The topological polar surface area (TPSA) is 41.1 Å². The van der Waals surface area contributed by atoms with Crippen LogP contribution in [0, 0.1) is 5.82 Å². The zero-order valence-electron chi connectivity index (χ0n) is 10.5. The molecule has 0 radical (unpaired) electrons. The third-order valence-corrected chi connectivity index (χ3v) is 3.44. The summed E-state index contributed by atoms with van der Waals surface area (Å²) in [6.07, 6.45) is 0. The van der Waals surface area contributed by atoms with Gasteiger partial charge in [0.2, 0.25) is 0 Å². The fraction of sp³-hybridized carbons (Fsp3) is 0.133. The van der Waals surface area contributed by atoms with Crippen molar-refractivity contribution in [1.29, 1.82) is 0 Å². The van der Waals surface area contributed by atoms with Gasteiger partial charge in [0.15, 0.2) is 0 Å². The largest absolute Gasteiger partial charge is 0.322 e. The van der Waals surface area contributed by atoms with E-state index in [4.69, 9.17) is 11.6 Å². The molecule has 0 saturated carbocycles. The van der Waals surface area contributed by atoms with E-state index < -0.39 is 5.82 Å². The zero-order valence-corrected chi connectivity index (χ0v) is 11.3. The van der Waals surface area contributed by atoms with Crippen molar-refractivity contribution >= 4 is 23.2 Å². The molecule has 0 aromatic heterocycles. The van der Waals surface area contributed by atoms with Crippen LogP contribution in [-0.4, -0.2) is 5.91 Å². The second-order valence-corrected chi connectivity index (χ2v) is 5.14. The fourth-order valence-corrected chi connectivity index (χ4v) is 2.49. The average Bonchev–Trinajstić information content (AvgIpc) is 2.84. The predicted octanol–water partition coefficient (Wildman–Crippen LogP) is 3.33. The molecule has 20 heavy (non-hydrogen) atoms. The number of anilines is 1. The lowest BCUT2D eigenvalue weighted by Gasteiger charge is -2.07. The maximum absolute atomic E-state index is 13.2. The molecule has 2 N–H and O–H groups in total. The number of fused-ring (bicyclic) bond motifs is 1. The number of hydrogen-bond donors (Lipinski definition) is 2. The van der Waals surface area contributed by atoms with Gasteiger partial charge in [-0.3, -0.25) is 4.79 Å². The smallest absolute Gasteiger partial charge is 0.255 e. The molecular formula is C15H12ClFN2O. The quantitative estimate of drug-likeness (QED) is 0.891. The first kappa shape index (κ1) is 13.1. The molecule has 1 aliphatic rings. The summed E-state index contributed by atoms with van der Waals surface area (Å²) in [5.41, 5.74) is 3.22. The molecule has 3 nitrogen and oxygen atoms in total. The second kappa shape index (κ2) is 5.23. The van der Waals surface area contributed by atoms with Gasteiger partial charge in [0.1, 0.15) is 5.82 Å². The molecule has 2 aromatic rings. The van der Waals surface area contributed by atoms with Gasteiger partial charge in [-0.1, -0.05) is 17.7 Å². The van der Waals surface area contributed by atoms with Crippen molar-refractivity contribution in [3.63, 3.8) is 0 Å². The molecule has 0 fully saturated rings. The summed E-state index contributed by atoms with van der Waals surface area (Å²) in [6, 6.07) is 9.49. The first-order valence-electron chi connectivity index (χ1n) is 6.22. The van der Waals surface area contributed by atoms with E-state index in [9.17, 15) is 9.18 Å². The number of halogens is 2. The van der Waals surface area contributed by atoms with Gasteiger partial charge in [0.25, 0.3) is 5.91 Å². The van der Waals surface area contributed by atoms with Crippen LogP contribution in [0.3, 0.4) is 0 Å². The Kier molecular flexibility index (Phi) is 3.42. The van der Waals surface area contributed by atoms with Crippen molar-refractivity contribution in [1.82, 2.24) is 5.32 Å². The molecule has 0 atom stereocenters. The highest BCUT2D eigenvalue weighted by Gasteiger charge is 2.14. The van der Waals surface area contributed by atoms with Crippen LogP contribution in [0.2, 0.25) is 5.02 Å². The van der Waals surface area contributed by atoms with Crippen molar-refractivity contribution < 1.29 is 9.18 Å². The van der Waals surface area contributed by atoms with E-state index in [0.29, 0.717) is 11.3 Å². The molecule has 1 aliphatic heterocycles. The Morgan fingerprint density at radius 1 is 1.15 bits per heavy atom. The van der Waals surface area contributed by atoms with E-state index in [1.807, 2.05) is 12.1 Å². The van der Waals surface area contributed by atoms with Crippen LogP contribution in [0.5, 0.6) is 0 Å². The molecule has 0 aliphatic carbocycles. The lowest BCUT2D eigenvalue weighted by Crippen LogP contribution is -2.12. The Morgan fingerprint density at radius 3 is 2.75 bits per heavy atom. The van der Waals surface area contributed by atoms with Crippen molar-refractivity contribution in [2.45, 2.75) is 13.1 Å². The van der Waals surface area contributed by atoms with Gasteiger partial charge in [-0.2, -0.15) is 0 Å². The second-order valence-electron chi connectivity index (χ2n) is 4.70. The maximum Gasteiger partial charge on any atom is 0.255 e. The SMILES string of the molecule is O=C(Nc1cc(F)cc(Cl)c1)c1ccc2c(c1)CNC2. The van der Waals surface area contributed by atoms with Gasteiger partial charge in [-0.25, -0.2) is 4.39 Å². The van der Waals surface area contributed by atoms with E-state index in [2.05, 4.69) is 10.6 Å². The standard InChI is InChI=1S/C15H12ClFN2O/c16-12-4-13(17)6-14(5-12)19-15(20)9-1-2-10-7-18-8-11(10)3-9/h1-6,18H,7-8H2,(H,19,20). The van der Waals surface area contributed by atoms with Crippen molar-refractivity contribution in [3.05, 3.63) is 63.9 Å². The Morgan fingerprint density at radius 2 is 1.95 bits per heavy atom. The summed E-state index contributed by atoms with van der Waals surface area (Å²) < 4.78 is 13.2. The number of amides is 1. The molecule has 0 bridgehead atoms. The minimum atomic E-state index is -0.481. The molecule has 1 amide bonds. The zero-order chi connectivity index (χ0) is 14.1. The summed E-state index contributed by atoms with van der Waals surface area (Å²) in [6.45, 7) is 1.60. The Hall–Kier alpha value is -1.91. The molecule has 102 valence electrons. The number of nitrogens with one attached hydrogen (secondary N) is 2. The summed E-state index contributed by atoms with van der Waals surface area (Å²) in [4.78, 5) is 12.1. The molecule has 0 unspecified atom stereocenters. The Bertz CT molecular complexity index is 667.